The molecule has 2 rings (SSSR count). The number of benzene rings is 2. The molecule has 0 bridgehead atoms. The third-order valence-corrected chi connectivity index (χ3v) is 3.56. The molecule has 0 heterocycles. The maximum Gasteiger partial charge on any atom is 0.245 e. The van der Waals surface area contributed by atoms with Crippen LogP contribution >= 0.6 is 12.4 Å². The molecule has 0 fully saturated rings. The zero-order valence-corrected chi connectivity index (χ0v) is 14.0. The molecule has 0 aliphatic rings. The highest BCUT2D eigenvalue weighted by atomic mass is 35.5. The van der Waals surface area contributed by atoms with E-state index in [9.17, 15) is 4.79 Å². The second kappa shape index (κ2) is 7.97. The Kier molecular flexibility index (Phi) is 6.60. The molecule has 4 heteroatoms. The van der Waals surface area contributed by atoms with Crippen LogP contribution in [0.4, 0.5) is 5.69 Å². The van der Waals surface area contributed by atoms with Crippen molar-refractivity contribution in [3.05, 3.63) is 65.2 Å². The number of rotatable bonds is 4. The minimum Gasteiger partial charge on any atom is -0.324 e. The van der Waals surface area contributed by atoms with Crippen molar-refractivity contribution in [1.29, 1.82) is 0 Å². The lowest BCUT2D eigenvalue weighted by Gasteiger charge is -2.13. The zero-order chi connectivity index (χ0) is 15.4. The molecule has 0 spiro atoms. The standard InChI is InChI=1S/C18H22N2O.ClH/c1-12(2)14-8-10-16(11-9-14)20-18(21)17(19)15-6-4-13(3)5-7-15;/h4-12,17H,19H2,1-3H3,(H,20,21);1H. The molecule has 0 aromatic heterocycles. The molecule has 0 saturated heterocycles. The summed E-state index contributed by atoms with van der Waals surface area (Å²) in [6.07, 6.45) is 0. The number of hydrogen-bond acceptors (Lipinski definition) is 2. The first-order valence-electron chi connectivity index (χ1n) is 7.20. The SMILES string of the molecule is Cc1ccc(C(N)C(=O)Nc2ccc(C(C)C)cc2)cc1.Cl. The molecular formula is C18H23ClN2O. The summed E-state index contributed by atoms with van der Waals surface area (Å²) in [5.74, 6) is 0.278. The number of nitrogens with one attached hydrogen (secondary N) is 1. The van der Waals surface area contributed by atoms with E-state index in [0.29, 0.717) is 5.92 Å². The highest BCUT2D eigenvalue weighted by molar-refractivity contribution is 5.95. The minimum absolute atomic E-state index is 0. The number of halogens is 1. The monoisotopic (exact) mass is 318 g/mol. The summed E-state index contributed by atoms with van der Waals surface area (Å²) in [7, 11) is 0. The summed E-state index contributed by atoms with van der Waals surface area (Å²) in [4.78, 5) is 12.2. The topological polar surface area (TPSA) is 55.1 Å². The molecule has 2 aromatic carbocycles. The third-order valence-electron chi connectivity index (χ3n) is 3.56. The molecule has 0 saturated carbocycles. The van der Waals surface area contributed by atoms with E-state index in [1.54, 1.807) is 0 Å². The van der Waals surface area contributed by atoms with Gasteiger partial charge in [0.05, 0.1) is 0 Å². The lowest BCUT2D eigenvalue weighted by molar-refractivity contribution is -0.117. The molecule has 3 N–H and O–H groups in total. The highest BCUT2D eigenvalue weighted by Gasteiger charge is 2.15. The predicted molar refractivity (Wildman–Crippen MR) is 94.5 cm³/mol. The Morgan fingerprint density at radius 2 is 1.45 bits per heavy atom. The van der Waals surface area contributed by atoms with Gasteiger partial charge >= 0.3 is 0 Å². The van der Waals surface area contributed by atoms with Gasteiger partial charge in [0, 0.05) is 5.69 Å². The maximum atomic E-state index is 12.2. The highest BCUT2D eigenvalue weighted by Crippen LogP contribution is 2.19. The van der Waals surface area contributed by atoms with Crippen molar-refractivity contribution >= 4 is 24.0 Å². The molecule has 2 aromatic rings. The van der Waals surface area contributed by atoms with E-state index in [-0.39, 0.29) is 18.3 Å². The molecule has 1 unspecified atom stereocenters. The number of carbonyl (C=O) groups is 1. The number of hydrogen-bond donors (Lipinski definition) is 2. The largest absolute Gasteiger partial charge is 0.324 e. The molecule has 0 radical (unpaired) electrons. The maximum absolute atomic E-state index is 12.2. The van der Waals surface area contributed by atoms with E-state index in [4.69, 9.17) is 5.73 Å². The summed E-state index contributed by atoms with van der Waals surface area (Å²) >= 11 is 0. The smallest absolute Gasteiger partial charge is 0.245 e. The second-order valence-corrected chi connectivity index (χ2v) is 5.65. The van der Waals surface area contributed by atoms with E-state index >= 15 is 0 Å². The first kappa shape index (κ1) is 18.2. The fourth-order valence-corrected chi connectivity index (χ4v) is 2.10. The Morgan fingerprint density at radius 1 is 0.955 bits per heavy atom. The minimum atomic E-state index is -0.657. The molecule has 1 amide bonds. The van der Waals surface area contributed by atoms with E-state index in [1.165, 1.54) is 5.56 Å². The summed E-state index contributed by atoms with van der Waals surface area (Å²) in [5, 5.41) is 2.86. The average molecular weight is 319 g/mol. The predicted octanol–water partition coefficient (Wildman–Crippen LogP) is 4.18. The second-order valence-electron chi connectivity index (χ2n) is 5.65. The zero-order valence-electron chi connectivity index (χ0n) is 13.2. The van der Waals surface area contributed by atoms with Gasteiger partial charge in [-0.3, -0.25) is 4.79 Å². The van der Waals surface area contributed by atoms with Crippen molar-refractivity contribution in [2.24, 2.45) is 5.73 Å². The quantitative estimate of drug-likeness (QED) is 0.888. The molecule has 1 atom stereocenters. The number of anilines is 1. The van der Waals surface area contributed by atoms with Gasteiger partial charge in [-0.2, -0.15) is 0 Å². The fourth-order valence-electron chi connectivity index (χ4n) is 2.10. The van der Waals surface area contributed by atoms with Crippen molar-refractivity contribution in [2.45, 2.75) is 32.7 Å². The van der Waals surface area contributed by atoms with Crippen molar-refractivity contribution in [3.8, 4) is 0 Å². The number of aryl methyl sites for hydroxylation is 1. The Hall–Kier alpha value is -1.84. The number of carbonyl (C=O) groups excluding carboxylic acids is 1. The van der Waals surface area contributed by atoms with Gasteiger partial charge in [0.25, 0.3) is 0 Å². The van der Waals surface area contributed by atoms with Crippen LogP contribution in [0.2, 0.25) is 0 Å². The fraction of sp³-hybridized carbons (Fsp3) is 0.278. The van der Waals surface area contributed by atoms with E-state index < -0.39 is 6.04 Å². The van der Waals surface area contributed by atoms with Crippen LogP contribution in [-0.2, 0) is 4.79 Å². The first-order valence-corrected chi connectivity index (χ1v) is 7.20. The van der Waals surface area contributed by atoms with Gasteiger partial charge < -0.3 is 11.1 Å². The summed E-state index contributed by atoms with van der Waals surface area (Å²) < 4.78 is 0. The summed E-state index contributed by atoms with van der Waals surface area (Å²) in [6, 6.07) is 14.9. The van der Waals surface area contributed by atoms with Crippen LogP contribution in [0.3, 0.4) is 0 Å². The van der Waals surface area contributed by atoms with Gasteiger partial charge in [0.1, 0.15) is 6.04 Å². The van der Waals surface area contributed by atoms with Gasteiger partial charge in [-0.25, -0.2) is 0 Å². The Bertz CT molecular complexity index is 606. The summed E-state index contributed by atoms with van der Waals surface area (Å²) in [6.45, 7) is 6.29. The van der Waals surface area contributed by atoms with Crippen LogP contribution in [-0.4, -0.2) is 5.91 Å². The van der Waals surface area contributed by atoms with Crippen molar-refractivity contribution in [3.63, 3.8) is 0 Å². The Morgan fingerprint density at radius 3 is 1.95 bits per heavy atom. The lowest BCUT2D eigenvalue weighted by Crippen LogP contribution is -2.27. The van der Waals surface area contributed by atoms with Gasteiger partial charge in [0.15, 0.2) is 0 Å². The van der Waals surface area contributed by atoms with Crippen LogP contribution in [0.25, 0.3) is 0 Å². The number of nitrogens with two attached hydrogens (primary N) is 1. The normalized spacial score (nSPS) is 11.7. The van der Waals surface area contributed by atoms with E-state index in [0.717, 1.165) is 16.8 Å². The third kappa shape index (κ3) is 4.58. The van der Waals surface area contributed by atoms with Crippen LogP contribution in [0.1, 0.15) is 42.5 Å². The van der Waals surface area contributed by atoms with Gasteiger partial charge in [0.2, 0.25) is 5.91 Å². The van der Waals surface area contributed by atoms with Crippen LogP contribution < -0.4 is 11.1 Å². The van der Waals surface area contributed by atoms with Gasteiger partial charge in [-0.1, -0.05) is 55.8 Å². The van der Waals surface area contributed by atoms with Crippen LogP contribution in [0, 0.1) is 6.92 Å². The Labute approximate surface area is 138 Å². The average Bonchev–Trinajstić information content (AvgIpc) is 2.47. The first-order chi connectivity index (χ1) is 9.97. The molecule has 3 nitrogen and oxygen atoms in total. The molecule has 22 heavy (non-hydrogen) atoms. The van der Waals surface area contributed by atoms with Gasteiger partial charge in [-0.05, 0) is 36.1 Å². The van der Waals surface area contributed by atoms with Crippen molar-refractivity contribution in [2.75, 3.05) is 5.32 Å². The number of amides is 1. The van der Waals surface area contributed by atoms with E-state index in [2.05, 4.69) is 19.2 Å². The molecular weight excluding hydrogens is 296 g/mol. The van der Waals surface area contributed by atoms with Crippen molar-refractivity contribution in [1.82, 2.24) is 0 Å². The van der Waals surface area contributed by atoms with E-state index in [1.807, 2.05) is 55.5 Å². The Balaban J connectivity index is 0.00000242. The lowest BCUT2D eigenvalue weighted by atomic mass is 10.0. The summed E-state index contributed by atoms with van der Waals surface area (Å²) in [5.41, 5.74) is 9.98. The molecule has 118 valence electrons. The van der Waals surface area contributed by atoms with Crippen LogP contribution in [0.5, 0.6) is 0 Å². The molecule has 0 aliphatic carbocycles. The van der Waals surface area contributed by atoms with Crippen LogP contribution in [0.15, 0.2) is 48.5 Å². The molecule has 0 aliphatic heterocycles. The van der Waals surface area contributed by atoms with Gasteiger partial charge in [-0.15, -0.1) is 12.4 Å². The van der Waals surface area contributed by atoms with Crippen molar-refractivity contribution < 1.29 is 4.79 Å².